The zero-order chi connectivity index (χ0) is 13.9. The molecule has 1 aromatic rings. The van der Waals surface area contributed by atoms with Gasteiger partial charge in [0.1, 0.15) is 15.7 Å². The molecule has 1 aliphatic rings. The molecular formula is C14H20FNO2S. The molecule has 0 aliphatic heterocycles. The van der Waals surface area contributed by atoms with Gasteiger partial charge < -0.3 is 5.32 Å². The summed E-state index contributed by atoms with van der Waals surface area (Å²) in [4.78, 5) is 0. The number of hydrogen-bond donors (Lipinski definition) is 1. The van der Waals surface area contributed by atoms with Gasteiger partial charge in [0.2, 0.25) is 0 Å². The highest BCUT2D eigenvalue weighted by molar-refractivity contribution is 7.90. The van der Waals surface area contributed by atoms with E-state index in [2.05, 4.69) is 5.32 Å². The Bertz CT molecular complexity index is 509. The predicted molar refractivity (Wildman–Crippen MR) is 74.5 cm³/mol. The summed E-state index contributed by atoms with van der Waals surface area (Å²) >= 11 is 0. The lowest BCUT2D eigenvalue weighted by atomic mass is 9.96. The Labute approximate surface area is 114 Å². The van der Waals surface area contributed by atoms with E-state index in [1.807, 2.05) is 0 Å². The van der Waals surface area contributed by atoms with Gasteiger partial charge >= 0.3 is 0 Å². The average molecular weight is 285 g/mol. The summed E-state index contributed by atoms with van der Waals surface area (Å²) < 4.78 is 35.5. The third-order valence-corrected chi connectivity index (χ3v) is 4.39. The van der Waals surface area contributed by atoms with Gasteiger partial charge in [-0.15, -0.1) is 0 Å². The molecule has 1 aliphatic carbocycles. The molecule has 0 radical (unpaired) electrons. The zero-order valence-corrected chi connectivity index (χ0v) is 11.9. The molecule has 0 spiro atoms. The largest absolute Gasteiger partial charge is 0.313 e. The quantitative estimate of drug-likeness (QED) is 0.834. The zero-order valence-electron chi connectivity index (χ0n) is 11.1. The van der Waals surface area contributed by atoms with Crippen LogP contribution in [0.2, 0.25) is 0 Å². The standard InChI is InChI=1S/C14H20FNO2S/c1-19(17,18)9-8-12(10-16-14-6-7-14)11-2-4-13(15)5-3-11/h2-5,12,14,16H,6-10H2,1H3. The lowest BCUT2D eigenvalue weighted by Gasteiger charge is -2.17. The van der Waals surface area contributed by atoms with Crippen LogP contribution in [0.15, 0.2) is 24.3 Å². The first-order chi connectivity index (χ1) is 8.94. The second-order valence-electron chi connectivity index (χ2n) is 5.35. The molecule has 1 unspecified atom stereocenters. The lowest BCUT2D eigenvalue weighted by Crippen LogP contribution is -2.25. The molecule has 2 rings (SSSR count). The van der Waals surface area contributed by atoms with Crippen molar-refractivity contribution in [2.45, 2.75) is 31.2 Å². The Morgan fingerprint density at radius 1 is 1.32 bits per heavy atom. The normalized spacial score (nSPS) is 17.4. The third-order valence-electron chi connectivity index (χ3n) is 3.41. The number of hydrogen-bond acceptors (Lipinski definition) is 3. The molecular weight excluding hydrogens is 265 g/mol. The second-order valence-corrected chi connectivity index (χ2v) is 7.61. The van der Waals surface area contributed by atoms with Crippen LogP contribution in [0.3, 0.4) is 0 Å². The smallest absolute Gasteiger partial charge is 0.147 e. The monoisotopic (exact) mass is 285 g/mol. The summed E-state index contributed by atoms with van der Waals surface area (Å²) in [7, 11) is -2.96. The van der Waals surface area contributed by atoms with Crippen LogP contribution in [-0.4, -0.2) is 33.0 Å². The Hall–Kier alpha value is -0.940. The first-order valence-corrected chi connectivity index (χ1v) is 8.67. The van der Waals surface area contributed by atoms with Crippen LogP contribution < -0.4 is 5.32 Å². The summed E-state index contributed by atoms with van der Waals surface area (Å²) in [5, 5.41) is 3.42. The van der Waals surface area contributed by atoms with Gasteiger partial charge in [-0.2, -0.15) is 0 Å². The van der Waals surface area contributed by atoms with Crippen molar-refractivity contribution in [2.24, 2.45) is 0 Å². The molecule has 0 bridgehead atoms. The van der Waals surface area contributed by atoms with Crippen LogP contribution in [-0.2, 0) is 9.84 Å². The molecule has 1 N–H and O–H groups in total. The molecule has 19 heavy (non-hydrogen) atoms. The molecule has 0 heterocycles. The summed E-state index contributed by atoms with van der Waals surface area (Å²) in [5.41, 5.74) is 0.998. The molecule has 1 aromatic carbocycles. The molecule has 0 aromatic heterocycles. The van der Waals surface area contributed by atoms with Gasteiger partial charge in [0.05, 0.1) is 5.75 Å². The van der Waals surface area contributed by atoms with Crippen molar-refractivity contribution < 1.29 is 12.8 Å². The van der Waals surface area contributed by atoms with Crippen molar-refractivity contribution in [2.75, 3.05) is 18.6 Å². The van der Waals surface area contributed by atoms with E-state index in [1.54, 1.807) is 12.1 Å². The van der Waals surface area contributed by atoms with Crippen molar-refractivity contribution >= 4 is 9.84 Å². The van der Waals surface area contributed by atoms with E-state index >= 15 is 0 Å². The molecule has 5 heteroatoms. The first-order valence-electron chi connectivity index (χ1n) is 6.60. The minimum atomic E-state index is -2.96. The molecule has 1 atom stereocenters. The maximum Gasteiger partial charge on any atom is 0.147 e. The van der Waals surface area contributed by atoms with E-state index < -0.39 is 9.84 Å². The fraction of sp³-hybridized carbons (Fsp3) is 0.571. The summed E-state index contributed by atoms with van der Waals surface area (Å²) in [6.07, 6.45) is 4.22. The summed E-state index contributed by atoms with van der Waals surface area (Å²) in [6.45, 7) is 0.756. The molecule has 106 valence electrons. The first kappa shape index (κ1) is 14.5. The van der Waals surface area contributed by atoms with Crippen molar-refractivity contribution in [1.82, 2.24) is 5.32 Å². The molecule has 1 saturated carbocycles. The van der Waals surface area contributed by atoms with Crippen LogP contribution in [0.5, 0.6) is 0 Å². The van der Waals surface area contributed by atoms with Gasteiger partial charge in [0, 0.05) is 18.8 Å². The van der Waals surface area contributed by atoms with Crippen LogP contribution in [0.4, 0.5) is 4.39 Å². The maximum atomic E-state index is 12.9. The average Bonchev–Trinajstić information content (AvgIpc) is 3.13. The van der Waals surface area contributed by atoms with Crippen LogP contribution >= 0.6 is 0 Å². The van der Waals surface area contributed by atoms with Crippen molar-refractivity contribution in [3.05, 3.63) is 35.6 Å². The van der Waals surface area contributed by atoms with Gasteiger partial charge in [0.25, 0.3) is 0 Å². The van der Waals surface area contributed by atoms with Gasteiger partial charge in [0.15, 0.2) is 0 Å². The lowest BCUT2D eigenvalue weighted by molar-refractivity contribution is 0.554. The highest BCUT2D eigenvalue weighted by atomic mass is 32.2. The van der Waals surface area contributed by atoms with Crippen LogP contribution in [0.1, 0.15) is 30.7 Å². The maximum absolute atomic E-state index is 12.9. The topological polar surface area (TPSA) is 46.2 Å². The van der Waals surface area contributed by atoms with Gasteiger partial charge in [-0.1, -0.05) is 12.1 Å². The number of rotatable bonds is 7. The third kappa shape index (κ3) is 5.28. The Balaban J connectivity index is 2.01. The molecule has 0 amide bonds. The Morgan fingerprint density at radius 3 is 2.47 bits per heavy atom. The van der Waals surface area contributed by atoms with E-state index in [0.29, 0.717) is 12.5 Å². The second kappa shape index (κ2) is 6.01. The Kier molecular flexibility index (Phi) is 4.58. The highest BCUT2D eigenvalue weighted by Crippen LogP contribution is 2.24. The van der Waals surface area contributed by atoms with Crippen LogP contribution in [0.25, 0.3) is 0 Å². The van der Waals surface area contributed by atoms with Crippen molar-refractivity contribution in [3.63, 3.8) is 0 Å². The van der Waals surface area contributed by atoms with E-state index in [0.717, 1.165) is 12.1 Å². The van der Waals surface area contributed by atoms with Gasteiger partial charge in [-0.05, 0) is 42.9 Å². The van der Waals surface area contributed by atoms with E-state index in [1.165, 1.54) is 31.2 Å². The minimum Gasteiger partial charge on any atom is -0.313 e. The number of sulfone groups is 1. The molecule has 3 nitrogen and oxygen atoms in total. The SMILES string of the molecule is CS(=O)(=O)CCC(CNC1CC1)c1ccc(F)cc1. The summed E-state index contributed by atoms with van der Waals surface area (Å²) in [5.74, 6) is 0.0261. The van der Waals surface area contributed by atoms with E-state index in [9.17, 15) is 12.8 Å². The van der Waals surface area contributed by atoms with Gasteiger partial charge in [-0.25, -0.2) is 12.8 Å². The number of nitrogens with one attached hydrogen (secondary N) is 1. The van der Waals surface area contributed by atoms with Crippen molar-refractivity contribution in [1.29, 1.82) is 0 Å². The van der Waals surface area contributed by atoms with Crippen LogP contribution in [0, 0.1) is 5.82 Å². The minimum absolute atomic E-state index is 0.121. The Morgan fingerprint density at radius 2 is 1.95 bits per heavy atom. The van der Waals surface area contributed by atoms with Crippen molar-refractivity contribution in [3.8, 4) is 0 Å². The summed E-state index contributed by atoms with van der Waals surface area (Å²) in [6, 6.07) is 6.94. The fourth-order valence-corrected chi connectivity index (χ4v) is 2.79. The number of benzene rings is 1. The molecule has 1 fully saturated rings. The predicted octanol–water partition coefficient (Wildman–Crippen LogP) is 2.10. The number of halogens is 1. The fourth-order valence-electron chi connectivity index (χ4n) is 2.07. The van der Waals surface area contributed by atoms with E-state index in [4.69, 9.17) is 0 Å². The highest BCUT2D eigenvalue weighted by Gasteiger charge is 2.23. The van der Waals surface area contributed by atoms with E-state index in [-0.39, 0.29) is 17.5 Å². The van der Waals surface area contributed by atoms with Gasteiger partial charge in [-0.3, -0.25) is 0 Å². The molecule has 0 saturated heterocycles.